The van der Waals surface area contributed by atoms with Crippen LogP contribution in [0.5, 0.6) is 0 Å². The van der Waals surface area contributed by atoms with Crippen LogP contribution >= 0.6 is 0 Å². The summed E-state index contributed by atoms with van der Waals surface area (Å²) < 4.78 is 0. The molecule has 2 aliphatic rings. The Morgan fingerprint density at radius 1 is 1.35 bits per heavy atom. The van der Waals surface area contributed by atoms with Crippen LogP contribution in [0.2, 0.25) is 0 Å². The molecule has 1 aliphatic heterocycles. The zero-order valence-corrected chi connectivity index (χ0v) is 10.3. The molecular formula is C13H19N3O. The lowest BCUT2D eigenvalue weighted by Gasteiger charge is -2.21. The monoisotopic (exact) mass is 233 g/mol. The van der Waals surface area contributed by atoms with Gasteiger partial charge in [0.2, 0.25) is 5.91 Å². The van der Waals surface area contributed by atoms with Crippen molar-refractivity contribution in [2.24, 2.45) is 0 Å². The van der Waals surface area contributed by atoms with Crippen LogP contribution in [0, 0.1) is 0 Å². The number of H-pyrrole nitrogens is 1. The zero-order valence-electron chi connectivity index (χ0n) is 10.3. The van der Waals surface area contributed by atoms with Gasteiger partial charge in [-0.25, -0.2) is 4.98 Å². The van der Waals surface area contributed by atoms with E-state index in [0.29, 0.717) is 0 Å². The van der Waals surface area contributed by atoms with E-state index in [9.17, 15) is 4.79 Å². The topological polar surface area (TPSA) is 49.0 Å². The predicted octanol–water partition coefficient (Wildman–Crippen LogP) is 1.97. The van der Waals surface area contributed by atoms with Gasteiger partial charge >= 0.3 is 0 Å². The normalized spacial score (nSPS) is 23.8. The molecule has 1 aromatic heterocycles. The Morgan fingerprint density at radius 2 is 2.18 bits per heavy atom. The Hall–Kier alpha value is -1.32. The van der Waals surface area contributed by atoms with Crippen LogP contribution in [-0.2, 0) is 17.6 Å². The lowest BCUT2D eigenvalue weighted by molar-refractivity contribution is -0.129. The molecule has 1 atom stereocenters. The molecule has 0 radical (unpaired) electrons. The molecule has 1 fully saturated rings. The first kappa shape index (κ1) is 10.8. The summed E-state index contributed by atoms with van der Waals surface area (Å²) in [5, 5.41) is 0. The SMILES string of the molecule is CC(=O)N1CCCC1c1nc2c([nH]1)CCCC2. The molecule has 3 rings (SSSR count). The number of nitrogens with one attached hydrogen (secondary N) is 1. The lowest BCUT2D eigenvalue weighted by atomic mass is 10.0. The number of rotatable bonds is 1. The maximum Gasteiger partial charge on any atom is 0.220 e. The van der Waals surface area contributed by atoms with Crippen LogP contribution in [0.25, 0.3) is 0 Å². The molecule has 0 spiro atoms. The van der Waals surface area contributed by atoms with Crippen LogP contribution in [0.1, 0.15) is 55.9 Å². The number of carbonyl (C=O) groups is 1. The Balaban J connectivity index is 1.88. The molecule has 17 heavy (non-hydrogen) atoms. The number of hydrogen-bond acceptors (Lipinski definition) is 2. The largest absolute Gasteiger partial charge is 0.344 e. The predicted molar refractivity (Wildman–Crippen MR) is 64.6 cm³/mol. The number of imidazole rings is 1. The van der Waals surface area contributed by atoms with Gasteiger partial charge in [0.05, 0.1) is 11.7 Å². The van der Waals surface area contributed by atoms with Crippen molar-refractivity contribution in [2.45, 2.75) is 51.5 Å². The first-order valence-corrected chi connectivity index (χ1v) is 6.60. The van der Waals surface area contributed by atoms with E-state index in [2.05, 4.69) is 4.98 Å². The first-order chi connectivity index (χ1) is 8.25. The lowest BCUT2D eigenvalue weighted by Crippen LogP contribution is -2.28. The van der Waals surface area contributed by atoms with E-state index in [1.54, 1.807) is 6.92 Å². The van der Waals surface area contributed by atoms with Gasteiger partial charge in [-0.1, -0.05) is 0 Å². The molecule has 4 heteroatoms. The van der Waals surface area contributed by atoms with E-state index < -0.39 is 0 Å². The molecule has 1 aliphatic carbocycles. The first-order valence-electron chi connectivity index (χ1n) is 6.60. The van der Waals surface area contributed by atoms with Crippen molar-refractivity contribution in [1.29, 1.82) is 0 Å². The fourth-order valence-electron chi connectivity index (χ4n) is 3.06. The van der Waals surface area contributed by atoms with Gasteiger partial charge in [0.1, 0.15) is 5.82 Å². The number of aryl methyl sites for hydroxylation is 2. The van der Waals surface area contributed by atoms with Gasteiger partial charge in [-0.2, -0.15) is 0 Å². The third kappa shape index (κ3) is 1.85. The third-order valence-electron chi connectivity index (χ3n) is 3.95. The van der Waals surface area contributed by atoms with Crippen molar-refractivity contribution in [2.75, 3.05) is 6.54 Å². The van der Waals surface area contributed by atoms with Crippen molar-refractivity contribution in [3.05, 3.63) is 17.2 Å². The van der Waals surface area contributed by atoms with Crippen molar-refractivity contribution < 1.29 is 4.79 Å². The number of carbonyl (C=O) groups excluding carboxylic acids is 1. The minimum atomic E-state index is 0.168. The Morgan fingerprint density at radius 3 is 2.94 bits per heavy atom. The van der Waals surface area contributed by atoms with E-state index in [1.165, 1.54) is 24.2 Å². The second-order valence-electron chi connectivity index (χ2n) is 5.12. The Bertz CT molecular complexity index is 414. The van der Waals surface area contributed by atoms with Crippen molar-refractivity contribution in [1.82, 2.24) is 14.9 Å². The molecular weight excluding hydrogens is 214 g/mol. The molecule has 92 valence electrons. The van der Waals surface area contributed by atoms with Crippen LogP contribution in [0.4, 0.5) is 0 Å². The smallest absolute Gasteiger partial charge is 0.220 e. The van der Waals surface area contributed by atoms with Crippen LogP contribution in [-0.4, -0.2) is 27.3 Å². The Labute approximate surface area is 101 Å². The maximum absolute atomic E-state index is 11.6. The number of aromatic nitrogens is 2. The van der Waals surface area contributed by atoms with E-state index in [0.717, 1.165) is 38.1 Å². The summed E-state index contributed by atoms with van der Waals surface area (Å²) in [5.41, 5.74) is 2.54. The van der Waals surface area contributed by atoms with E-state index in [-0.39, 0.29) is 11.9 Å². The van der Waals surface area contributed by atoms with E-state index in [1.807, 2.05) is 4.90 Å². The van der Waals surface area contributed by atoms with Gasteiger partial charge in [-0.15, -0.1) is 0 Å². The van der Waals surface area contributed by atoms with Gasteiger partial charge < -0.3 is 9.88 Å². The fourth-order valence-corrected chi connectivity index (χ4v) is 3.06. The molecule has 1 aromatic rings. The highest BCUT2D eigenvalue weighted by molar-refractivity contribution is 5.74. The highest BCUT2D eigenvalue weighted by atomic mass is 16.2. The molecule has 1 amide bonds. The van der Waals surface area contributed by atoms with Crippen LogP contribution in [0.3, 0.4) is 0 Å². The van der Waals surface area contributed by atoms with Gasteiger partial charge in [0.25, 0.3) is 0 Å². The average molecular weight is 233 g/mol. The highest BCUT2D eigenvalue weighted by Crippen LogP contribution is 2.32. The summed E-state index contributed by atoms with van der Waals surface area (Å²) in [5.74, 6) is 1.19. The molecule has 0 bridgehead atoms. The summed E-state index contributed by atoms with van der Waals surface area (Å²) >= 11 is 0. The number of aromatic amines is 1. The molecule has 1 saturated heterocycles. The maximum atomic E-state index is 11.6. The fraction of sp³-hybridized carbons (Fsp3) is 0.692. The van der Waals surface area contributed by atoms with Crippen LogP contribution < -0.4 is 0 Å². The molecule has 0 aromatic carbocycles. The number of nitrogens with zero attached hydrogens (tertiary/aromatic N) is 2. The summed E-state index contributed by atoms with van der Waals surface area (Å²) in [6.45, 7) is 2.53. The molecule has 4 nitrogen and oxygen atoms in total. The molecule has 0 saturated carbocycles. The minimum absolute atomic E-state index is 0.168. The summed E-state index contributed by atoms with van der Waals surface area (Å²) in [6.07, 6.45) is 6.86. The third-order valence-corrected chi connectivity index (χ3v) is 3.95. The number of hydrogen-bond donors (Lipinski definition) is 1. The quantitative estimate of drug-likeness (QED) is 0.806. The standard InChI is InChI=1S/C13H19N3O/c1-9(17)16-8-4-7-12(16)13-14-10-5-2-3-6-11(10)15-13/h12H,2-8H2,1H3,(H,14,15). The second-order valence-corrected chi connectivity index (χ2v) is 5.12. The summed E-state index contributed by atoms with van der Waals surface area (Å²) in [4.78, 5) is 21.7. The summed E-state index contributed by atoms with van der Waals surface area (Å²) in [7, 11) is 0. The van der Waals surface area contributed by atoms with E-state index in [4.69, 9.17) is 4.98 Å². The number of fused-ring (bicyclic) bond motifs is 1. The number of amides is 1. The average Bonchev–Trinajstić information content (AvgIpc) is 2.95. The molecule has 2 heterocycles. The van der Waals surface area contributed by atoms with Crippen LogP contribution in [0.15, 0.2) is 0 Å². The second kappa shape index (κ2) is 4.17. The van der Waals surface area contributed by atoms with Crippen molar-refractivity contribution in [3.63, 3.8) is 0 Å². The minimum Gasteiger partial charge on any atom is -0.344 e. The van der Waals surface area contributed by atoms with Gasteiger partial charge in [0, 0.05) is 19.2 Å². The number of likely N-dealkylation sites (tertiary alicyclic amines) is 1. The zero-order chi connectivity index (χ0) is 11.8. The summed E-state index contributed by atoms with van der Waals surface area (Å²) in [6, 6.07) is 0.193. The highest BCUT2D eigenvalue weighted by Gasteiger charge is 2.31. The van der Waals surface area contributed by atoms with Gasteiger partial charge in [-0.05, 0) is 38.5 Å². The van der Waals surface area contributed by atoms with Crippen molar-refractivity contribution in [3.8, 4) is 0 Å². The molecule has 1 unspecified atom stereocenters. The van der Waals surface area contributed by atoms with E-state index >= 15 is 0 Å². The van der Waals surface area contributed by atoms with Gasteiger partial charge in [0.15, 0.2) is 0 Å². The molecule has 1 N–H and O–H groups in total. The van der Waals surface area contributed by atoms with Crippen molar-refractivity contribution >= 4 is 5.91 Å². The van der Waals surface area contributed by atoms with Gasteiger partial charge in [-0.3, -0.25) is 4.79 Å². The Kier molecular flexibility index (Phi) is 2.65.